The van der Waals surface area contributed by atoms with Crippen LogP contribution in [0.1, 0.15) is 9.75 Å². The molecule has 1 aromatic heterocycles. The van der Waals surface area contributed by atoms with Crippen LogP contribution in [0.15, 0.2) is 24.3 Å². The summed E-state index contributed by atoms with van der Waals surface area (Å²) < 4.78 is 0. The molecule has 5 heteroatoms. The van der Waals surface area contributed by atoms with Crippen LogP contribution in [-0.4, -0.2) is 28.7 Å². The minimum absolute atomic E-state index is 1.25. The molecule has 1 aromatic rings. The topological polar surface area (TPSA) is 0 Å². The van der Waals surface area contributed by atoms with Crippen LogP contribution >= 0.6 is 34.9 Å². The monoisotopic (exact) mass is 420 g/mol. The van der Waals surface area contributed by atoms with E-state index in [-0.39, 0.29) is 0 Å². The molecule has 1 heterocycles. The Labute approximate surface area is 169 Å². The first kappa shape index (κ1) is 22.5. The van der Waals surface area contributed by atoms with Crippen LogP contribution in [0.4, 0.5) is 0 Å². The van der Waals surface area contributed by atoms with Gasteiger partial charge in [-0.3, -0.25) is 0 Å². The summed E-state index contributed by atoms with van der Waals surface area (Å²) in [5.41, 5.74) is 6.83. The third-order valence-electron chi connectivity index (χ3n) is 2.83. The lowest BCUT2D eigenvalue weighted by molar-refractivity contribution is 1.81. The first-order valence-electron chi connectivity index (χ1n) is 8.20. The Bertz CT molecular complexity index is 700. The zero-order valence-electron chi connectivity index (χ0n) is 16.5. The molecule has 0 atom stereocenters. The van der Waals surface area contributed by atoms with Gasteiger partial charge >= 0.3 is 0 Å². The SMILES string of the molecule is CS/C(=C\C#C[Si](C)(C)C)c1ccc(/C(=C/C#C[Si](C)(C)C)SC)s1. The van der Waals surface area contributed by atoms with Gasteiger partial charge in [0.2, 0.25) is 0 Å². The van der Waals surface area contributed by atoms with Gasteiger partial charge < -0.3 is 0 Å². The normalized spacial score (nSPS) is 13.0. The Morgan fingerprint density at radius 2 is 1.16 bits per heavy atom. The summed E-state index contributed by atoms with van der Waals surface area (Å²) in [6.07, 6.45) is 8.39. The van der Waals surface area contributed by atoms with Gasteiger partial charge in [-0.05, 0) is 24.6 Å². The standard InChI is InChI=1S/C20H28S3Si2/c1-21-17(11-9-15-24(3,4)5)19-13-14-20(23-19)18(22-2)12-10-16-25(6,7)8/h11-14H,1-8H3/b17-11-,18-12-. The van der Waals surface area contributed by atoms with E-state index in [1.54, 1.807) is 23.5 Å². The Balaban J connectivity index is 3.09. The second-order valence-electron chi connectivity index (χ2n) is 7.63. The van der Waals surface area contributed by atoms with Crippen LogP contribution in [-0.2, 0) is 0 Å². The quantitative estimate of drug-likeness (QED) is 0.383. The van der Waals surface area contributed by atoms with Crippen molar-refractivity contribution in [3.8, 4) is 22.9 Å². The predicted octanol–water partition coefficient (Wildman–Crippen LogP) is 6.92. The Morgan fingerprint density at radius 1 is 0.800 bits per heavy atom. The molecule has 134 valence electrons. The molecule has 0 fully saturated rings. The van der Waals surface area contributed by atoms with Crippen molar-refractivity contribution >= 4 is 60.8 Å². The van der Waals surface area contributed by atoms with Crippen LogP contribution in [0, 0.1) is 22.9 Å². The summed E-state index contributed by atoms with van der Waals surface area (Å²) in [6.45, 7) is 13.6. The minimum Gasteiger partial charge on any atom is -0.134 e. The average molecular weight is 421 g/mol. The molecule has 0 nitrogen and oxygen atoms in total. The van der Waals surface area contributed by atoms with Crippen molar-refractivity contribution in [3.63, 3.8) is 0 Å². The van der Waals surface area contributed by atoms with Gasteiger partial charge in [0.05, 0.1) is 0 Å². The van der Waals surface area contributed by atoms with Gasteiger partial charge in [-0.2, -0.15) is 0 Å². The molecule has 0 saturated heterocycles. The lowest BCUT2D eigenvalue weighted by atomic mass is 10.3. The molecule has 0 aliphatic carbocycles. The maximum atomic E-state index is 3.41. The van der Waals surface area contributed by atoms with Crippen molar-refractivity contribution in [2.75, 3.05) is 12.5 Å². The van der Waals surface area contributed by atoms with E-state index in [0.717, 1.165) is 0 Å². The van der Waals surface area contributed by atoms with E-state index in [1.165, 1.54) is 19.6 Å². The highest BCUT2D eigenvalue weighted by Gasteiger charge is 2.10. The first-order chi connectivity index (χ1) is 11.6. The summed E-state index contributed by atoms with van der Waals surface area (Å²) in [5, 5.41) is 0. The fraction of sp³-hybridized carbons (Fsp3) is 0.400. The van der Waals surface area contributed by atoms with E-state index in [9.17, 15) is 0 Å². The molecule has 0 unspecified atom stereocenters. The lowest BCUT2D eigenvalue weighted by Crippen LogP contribution is -2.16. The molecular formula is C20H28S3Si2. The predicted molar refractivity (Wildman–Crippen MR) is 130 cm³/mol. The van der Waals surface area contributed by atoms with Crippen LogP contribution in [0.2, 0.25) is 39.3 Å². The Hall–Kier alpha value is -0.566. The van der Waals surface area contributed by atoms with Crippen molar-refractivity contribution in [1.82, 2.24) is 0 Å². The highest BCUT2D eigenvalue weighted by Crippen LogP contribution is 2.36. The molecule has 0 bridgehead atoms. The van der Waals surface area contributed by atoms with E-state index >= 15 is 0 Å². The summed E-state index contributed by atoms with van der Waals surface area (Å²) in [4.78, 5) is 5.06. The van der Waals surface area contributed by atoms with Gasteiger partial charge in [0, 0.05) is 31.7 Å². The van der Waals surface area contributed by atoms with Crippen molar-refractivity contribution in [1.29, 1.82) is 0 Å². The van der Waals surface area contributed by atoms with E-state index in [4.69, 9.17) is 0 Å². The smallest absolute Gasteiger partial charge is 0.129 e. The molecule has 0 aromatic carbocycles. The van der Waals surface area contributed by atoms with Crippen molar-refractivity contribution in [2.45, 2.75) is 39.3 Å². The van der Waals surface area contributed by atoms with Gasteiger partial charge in [0.25, 0.3) is 0 Å². The Morgan fingerprint density at radius 3 is 1.44 bits per heavy atom. The van der Waals surface area contributed by atoms with E-state index < -0.39 is 16.1 Å². The number of allylic oxidation sites excluding steroid dienone is 2. The fourth-order valence-electron chi connectivity index (χ4n) is 1.70. The van der Waals surface area contributed by atoms with Gasteiger partial charge in [-0.25, -0.2) is 0 Å². The zero-order chi connectivity index (χ0) is 19.1. The third kappa shape index (κ3) is 9.08. The summed E-state index contributed by atoms with van der Waals surface area (Å²) in [7, 11) is -2.65. The lowest BCUT2D eigenvalue weighted by Gasteiger charge is -2.03. The number of thioether (sulfide) groups is 2. The number of hydrogen-bond donors (Lipinski definition) is 0. The highest BCUT2D eigenvalue weighted by molar-refractivity contribution is 8.08. The van der Waals surface area contributed by atoms with E-state index in [0.29, 0.717) is 0 Å². The van der Waals surface area contributed by atoms with Crippen LogP contribution in [0.25, 0.3) is 9.81 Å². The minimum atomic E-state index is -1.32. The molecule has 0 aliphatic heterocycles. The summed E-state index contributed by atoms with van der Waals surface area (Å²) in [5.74, 6) is 6.55. The van der Waals surface area contributed by atoms with Crippen molar-refractivity contribution in [2.24, 2.45) is 0 Å². The van der Waals surface area contributed by atoms with Gasteiger partial charge in [0.15, 0.2) is 0 Å². The number of thiophene rings is 1. The van der Waals surface area contributed by atoms with Crippen LogP contribution in [0.3, 0.4) is 0 Å². The second kappa shape index (κ2) is 9.95. The molecule has 0 amide bonds. The van der Waals surface area contributed by atoms with Crippen LogP contribution in [0.5, 0.6) is 0 Å². The van der Waals surface area contributed by atoms with Gasteiger partial charge in [-0.15, -0.1) is 45.9 Å². The molecule has 0 radical (unpaired) electrons. The second-order valence-corrected chi connectivity index (χ2v) is 19.9. The van der Waals surface area contributed by atoms with E-state index in [2.05, 4.69) is 99.0 Å². The van der Waals surface area contributed by atoms with Crippen molar-refractivity contribution in [3.05, 3.63) is 34.0 Å². The summed E-state index contributed by atoms with van der Waals surface area (Å²) >= 11 is 5.35. The molecular weight excluding hydrogens is 393 g/mol. The molecule has 0 N–H and O–H groups in total. The third-order valence-corrected chi connectivity index (χ3v) is 7.59. The molecule has 25 heavy (non-hydrogen) atoms. The van der Waals surface area contributed by atoms with Crippen LogP contribution < -0.4 is 0 Å². The molecule has 0 aliphatic rings. The molecule has 0 saturated carbocycles. The fourth-order valence-corrected chi connectivity index (χ4v) is 5.18. The maximum absolute atomic E-state index is 3.41. The molecule has 0 spiro atoms. The zero-order valence-corrected chi connectivity index (χ0v) is 21.0. The maximum Gasteiger partial charge on any atom is 0.129 e. The van der Waals surface area contributed by atoms with E-state index in [1.807, 2.05) is 11.3 Å². The number of hydrogen-bond acceptors (Lipinski definition) is 3. The first-order valence-corrected chi connectivity index (χ1v) is 18.5. The Kier molecular flexibility index (Phi) is 8.94. The van der Waals surface area contributed by atoms with Gasteiger partial charge in [0.1, 0.15) is 16.1 Å². The highest BCUT2D eigenvalue weighted by atomic mass is 32.2. The molecule has 1 rings (SSSR count). The van der Waals surface area contributed by atoms with Crippen molar-refractivity contribution < 1.29 is 0 Å². The van der Waals surface area contributed by atoms with Gasteiger partial charge in [-0.1, -0.05) is 51.1 Å². The average Bonchev–Trinajstić information content (AvgIpc) is 2.95. The number of rotatable bonds is 4. The largest absolute Gasteiger partial charge is 0.134 e. The summed E-state index contributed by atoms with van der Waals surface area (Å²) in [6, 6.07) is 4.41.